The van der Waals surface area contributed by atoms with Gasteiger partial charge < -0.3 is 0 Å². The van der Waals surface area contributed by atoms with Crippen molar-refractivity contribution in [2.24, 2.45) is 0 Å². The van der Waals surface area contributed by atoms with Crippen molar-refractivity contribution in [3.05, 3.63) is 41.2 Å². The van der Waals surface area contributed by atoms with Crippen LogP contribution in [-0.2, 0) is 0 Å². The molecule has 1 aromatic heterocycles. The van der Waals surface area contributed by atoms with Crippen LogP contribution in [0.15, 0.2) is 30.6 Å². The first-order valence-electron chi connectivity index (χ1n) is 3.81. The fourth-order valence-electron chi connectivity index (χ4n) is 1.01. The maximum Gasteiger partial charge on any atom is 0.282 e. The minimum atomic E-state index is -0.347. The zero-order chi connectivity index (χ0) is 9.97. The Hall–Kier alpha value is -1.75. The number of rotatable bonds is 1. The third-order valence-corrected chi connectivity index (χ3v) is 1.99. The van der Waals surface area contributed by atoms with Gasteiger partial charge in [0.25, 0.3) is 5.91 Å². The Morgan fingerprint density at radius 2 is 2.14 bits per heavy atom. The minimum absolute atomic E-state index is 0.347. The molecule has 2 rings (SSSR count). The van der Waals surface area contributed by atoms with Gasteiger partial charge in [-0.1, -0.05) is 23.7 Å². The van der Waals surface area contributed by atoms with Gasteiger partial charge in [0.15, 0.2) is 0 Å². The van der Waals surface area contributed by atoms with Crippen LogP contribution in [0.4, 0.5) is 0 Å². The van der Waals surface area contributed by atoms with E-state index in [4.69, 9.17) is 11.6 Å². The van der Waals surface area contributed by atoms with Crippen LogP contribution >= 0.6 is 11.6 Å². The molecule has 70 valence electrons. The molecule has 0 fully saturated rings. The van der Waals surface area contributed by atoms with Gasteiger partial charge in [-0.3, -0.25) is 4.79 Å². The third kappa shape index (κ3) is 1.49. The molecule has 5 nitrogen and oxygen atoms in total. The number of benzene rings is 1. The largest absolute Gasteiger partial charge is 0.282 e. The lowest BCUT2D eigenvalue weighted by atomic mass is 10.2. The summed E-state index contributed by atoms with van der Waals surface area (Å²) in [6.07, 6.45) is 1.23. The van der Waals surface area contributed by atoms with Crippen molar-refractivity contribution in [3.63, 3.8) is 0 Å². The first-order valence-corrected chi connectivity index (χ1v) is 4.19. The number of hydrogen-bond acceptors (Lipinski definition) is 4. The van der Waals surface area contributed by atoms with Crippen molar-refractivity contribution in [2.75, 3.05) is 0 Å². The quantitative estimate of drug-likeness (QED) is 0.657. The van der Waals surface area contributed by atoms with Gasteiger partial charge in [0.05, 0.1) is 10.6 Å². The fraction of sp³-hybridized carbons (Fsp3) is 0. The molecular weight excluding hydrogens is 204 g/mol. The average Bonchev–Trinajstić information content (AvgIpc) is 2.70. The van der Waals surface area contributed by atoms with Crippen LogP contribution in [-0.4, -0.2) is 26.1 Å². The molecule has 6 heteroatoms. The zero-order valence-electron chi connectivity index (χ0n) is 6.96. The third-order valence-electron chi connectivity index (χ3n) is 1.66. The first kappa shape index (κ1) is 8.83. The number of tetrazole rings is 1. The summed E-state index contributed by atoms with van der Waals surface area (Å²) >= 11 is 5.83. The second-order valence-electron chi connectivity index (χ2n) is 2.54. The van der Waals surface area contributed by atoms with E-state index in [2.05, 4.69) is 15.5 Å². The molecule has 2 aromatic rings. The highest BCUT2D eigenvalue weighted by atomic mass is 35.5. The molecule has 0 aliphatic heterocycles. The molecule has 0 bridgehead atoms. The van der Waals surface area contributed by atoms with Crippen molar-refractivity contribution >= 4 is 17.5 Å². The van der Waals surface area contributed by atoms with Crippen molar-refractivity contribution in [3.8, 4) is 0 Å². The summed E-state index contributed by atoms with van der Waals surface area (Å²) in [7, 11) is 0. The summed E-state index contributed by atoms with van der Waals surface area (Å²) in [5, 5.41) is 10.6. The molecule has 0 amide bonds. The minimum Gasteiger partial charge on any atom is -0.267 e. The summed E-state index contributed by atoms with van der Waals surface area (Å²) in [5.74, 6) is -0.347. The Balaban J connectivity index is 2.42. The lowest BCUT2D eigenvalue weighted by Gasteiger charge is -2.00. The SMILES string of the molecule is O=C(c1ccccc1Cl)n1cnnn1. The van der Waals surface area contributed by atoms with E-state index in [0.29, 0.717) is 10.6 Å². The Kier molecular flexibility index (Phi) is 2.24. The van der Waals surface area contributed by atoms with Crippen LogP contribution in [0.2, 0.25) is 5.02 Å². The van der Waals surface area contributed by atoms with E-state index >= 15 is 0 Å². The molecule has 0 N–H and O–H groups in total. The molecule has 0 saturated heterocycles. The molecule has 0 spiro atoms. The molecule has 1 heterocycles. The molecule has 0 unspecified atom stereocenters. The standard InChI is InChI=1S/C8H5ClN4O/c9-7-4-2-1-3-6(7)8(14)13-5-10-11-12-13/h1-5H. The van der Waals surface area contributed by atoms with Gasteiger partial charge in [-0.15, -0.1) is 5.10 Å². The van der Waals surface area contributed by atoms with E-state index < -0.39 is 0 Å². The van der Waals surface area contributed by atoms with E-state index in [9.17, 15) is 4.79 Å². The second-order valence-corrected chi connectivity index (χ2v) is 2.95. The second kappa shape index (κ2) is 3.55. The van der Waals surface area contributed by atoms with Gasteiger partial charge in [-0.05, 0) is 22.6 Å². The Morgan fingerprint density at radius 3 is 2.79 bits per heavy atom. The molecule has 1 aromatic carbocycles. The van der Waals surface area contributed by atoms with Gasteiger partial charge in [0.2, 0.25) is 0 Å². The molecule has 0 aliphatic carbocycles. The van der Waals surface area contributed by atoms with Crippen molar-refractivity contribution < 1.29 is 4.79 Å². The maximum absolute atomic E-state index is 11.7. The number of carbonyl (C=O) groups is 1. The van der Waals surface area contributed by atoms with Gasteiger partial charge in [-0.2, -0.15) is 4.68 Å². The number of halogens is 1. The zero-order valence-corrected chi connectivity index (χ0v) is 7.72. The number of aromatic nitrogens is 4. The topological polar surface area (TPSA) is 60.7 Å². The smallest absolute Gasteiger partial charge is 0.267 e. The lowest BCUT2D eigenvalue weighted by molar-refractivity contribution is 0.0943. The van der Waals surface area contributed by atoms with Gasteiger partial charge >= 0.3 is 0 Å². The van der Waals surface area contributed by atoms with E-state index in [1.165, 1.54) is 6.33 Å². The number of hydrogen-bond donors (Lipinski definition) is 0. The van der Waals surface area contributed by atoms with Crippen LogP contribution in [0, 0.1) is 0 Å². The summed E-state index contributed by atoms with van der Waals surface area (Å²) < 4.78 is 1.03. The van der Waals surface area contributed by atoms with Gasteiger partial charge in [0, 0.05) is 0 Å². The average molecular weight is 209 g/mol. The molecular formula is C8H5ClN4O. The van der Waals surface area contributed by atoms with E-state index in [-0.39, 0.29) is 5.91 Å². The molecule has 0 aliphatic rings. The molecule has 0 saturated carbocycles. The van der Waals surface area contributed by atoms with Crippen molar-refractivity contribution in [1.82, 2.24) is 20.2 Å². The highest BCUT2D eigenvalue weighted by Crippen LogP contribution is 2.15. The molecule has 14 heavy (non-hydrogen) atoms. The van der Waals surface area contributed by atoms with Crippen LogP contribution in [0.1, 0.15) is 10.4 Å². The van der Waals surface area contributed by atoms with Gasteiger partial charge in [0.1, 0.15) is 6.33 Å². The van der Waals surface area contributed by atoms with Gasteiger partial charge in [-0.25, -0.2) is 0 Å². The van der Waals surface area contributed by atoms with E-state index in [0.717, 1.165) is 4.68 Å². The maximum atomic E-state index is 11.7. The molecule has 0 atom stereocenters. The summed E-state index contributed by atoms with van der Waals surface area (Å²) in [5.41, 5.74) is 0.376. The molecule has 0 radical (unpaired) electrons. The normalized spacial score (nSPS) is 10.1. The Morgan fingerprint density at radius 1 is 1.36 bits per heavy atom. The van der Waals surface area contributed by atoms with Crippen LogP contribution in [0.25, 0.3) is 0 Å². The number of nitrogens with zero attached hydrogens (tertiary/aromatic N) is 4. The summed E-state index contributed by atoms with van der Waals surface area (Å²) in [4.78, 5) is 11.7. The number of carbonyl (C=O) groups excluding carboxylic acids is 1. The Labute approximate surface area is 84.3 Å². The highest BCUT2D eigenvalue weighted by Gasteiger charge is 2.12. The fourth-order valence-corrected chi connectivity index (χ4v) is 1.23. The van der Waals surface area contributed by atoms with E-state index in [1.54, 1.807) is 24.3 Å². The highest BCUT2D eigenvalue weighted by molar-refractivity contribution is 6.33. The van der Waals surface area contributed by atoms with E-state index in [1.807, 2.05) is 0 Å². The van der Waals surface area contributed by atoms with Crippen LogP contribution < -0.4 is 0 Å². The predicted molar refractivity (Wildman–Crippen MR) is 49.0 cm³/mol. The van der Waals surface area contributed by atoms with Crippen molar-refractivity contribution in [1.29, 1.82) is 0 Å². The first-order chi connectivity index (χ1) is 6.79. The summed E-state index contributed by atoms with van der Waals surface area (Å²) in [6, 6.07) is 6.73. The predicted octanol–water partition coefficient (Wildman–Crippen LogP) is 1.01. The Bertz CT molecular complexity index is 454. The lowest BCUT2D eigenvalue weighted by Crippen LogP contribution is -2.13. The van der Waals surface area contributed by atoms with Crippen LogP contribution in [0.3, 0.4) is 0 Å². The van der Waals surface area contributed by atoms with Crippen LogP contribution in [0.5, 0.6) is 0 Å². The van der Waals surface area contributed by atoms with Crippen molar-refractivity contribution in [2.45, 2.75) is 0 Å². The summed E-state index contributed by atoms with van der Waals surface area (Å²) in [6.45, 7) is 0. The monoisotopic (exact) mass is 208 g/mol.